The standard InChI is InChI=1S/C31H45P.2C16H17FN4.C12H24B2O4.C11H17BN2O2.C11H12BrFN2.C5H5BrN2/c1-22(2)25-20-24(5)31(29(21-25)23(3)4)28-18-12-13-19-30(28)32(26-14-8-6-9-15-26)27-16-10-7-11-17-27;2*17-16-13(9-3-4-19-15(18)6-9)5-10(8-20-16)12-7-11-1-2-14(12)21-11;1-9(2)10(3,4)16-13(15-9)14-17-11(5,6)12(7,8)18-14;1-10(2)11(3,4)16-12(15-10)8-5-6-14-9(13)7-8;12-9-3-6(5-14-11(9)13)8-4-7-1-2-10(8)15-7;6-4-1-2-8-5(7)3-4/h12-13,18-23,26-27H,6-11,14-17H2,1-5H3;2*3-6,8,11-12,14,21H,1-2,7H2,(H2,18,19);1-8H3;5-7H,1-4H3,(H2,13,14);3,5,7-8,10,15H,1-2,4H2;1-3H,(H2,7,8). The number of halogens is 5. The predicted octanol–water partition coefficient (Wildman–Crippen LogP) is 21.9. The van der Waals surface area contributed by atoms with E-state index < -0.39 is 31.9 Å². The maximum atomic E-state index is 14.1. The summed E-state index contributed by atoms with van der Waals surface area (Å²) in [5, 5.41) is 12.5. The van der Waals surface area contributed by atoms with E-state index in [4.69, 9.17) is 50.9 Å². The number of anilines is 4. The Morgan fingerprint density at radius 1 is 0.412 bits per heavy atom. The van der Waals surface area contributed by atoms with Gasteiger partial charge in [-0.25, -0.2) is 34.9 Å². The molecule has 11 N–H and O–H groups in total. The van der Waals surface area contributed by atoms with Gasteiger partial charge in [0.15, 0.2) is 0 Å². The fourth-order valence-corrected chi connectivity index (χ4v) is 25.2. The molecule has 9 unspecified atom stereocenters. The lowest BCUT2D eigenvalue weighted by Crippen LogP contribution is -2.41. The number of rotatable bonds is 13. The Balaban J connectivity index is 0.000000126. The van der Waals surface area contributed by atoms with E-state index in [-0.39, 0.29) is 48.6 Å². The summed E-state index contributed by atoms with van der Waals surface area (Å²) in [6.45, 7) is 36.1. The molecular formula is C102H137B3Br2F3N14O6P. The second kappa shape index (κ2) is 42.1. The normalized spacial score (nSPS) is 24.8. The monoisotopic (exact) mass is 1930 g/mol. The SMILES string of the molecule is CC1(C)OB(B2OC(C)(C)C(C)(C)O2)OC1(C)C.CC1(C)OB(c2ccnc(N)c2)OC1(C)C.Cc1cc(C(C)C)cc(C(C)C)c1-c1ccccc1P(C1CCCCC1)C1CCCCC1.Fc1ncc(C2CC3CCC2N3)cc1Br.Nc1cc(-c2cc(C3CC4CCC3N4)cnc2F)ccn1.Nc1cc(-c2cc(C3CC4CCC3N4)cnc2F)ccn1.Nc1cc(Br)ccn1. The van der Waals surface area contributed by atoms with Gasteiger partial charge in [-0.15, -0.1) is 0 Å². The zero-order chi connectivity index (χ0) is 93.8. The molecule has 16 heterocycles. The Morgan fingerprint density at radius 2 is 0.802 bits per heavy atom. The molecule has 9 aliphatic heterocycles. The number of pyridine rings is 7. The summed E-state index contributed by atoms with van der Waals surface area (Å²) in [6.07, 6.45) is 37.0. The maximum absolute atomic E-state index is 14.1. The molecule has 20 nitrogen and oxygen atoms in total. The number of nitrogens with one attached hydrogen (secondary N) is 3. The van der Waals surface area contributed by atoms with Gasteiger partial charge >= 0.3 is 21.1 Å². The lowest BCUT2D eigenvalue weighted by Gasteiger charge is -2.40. The molecule has 7 aromatic heterocycles. The summed E-state index contributed by atoms with van der Waals surface area (Å²) in [4.78, 5) is 27.3. The largest absolute Gasteiger partial charge is 0.495 e. The first-order valence-electron chi connectivity index (χ1n) is 47.6. The van der Waals surface area contributed by atoms with Crippen molar-refractivity contribution in [1.82, 2.24) is 50.8 Å². The van der Waals surface area contributed by atoms with Crippen molar-refractivity contribution in [3.8, 4) is 33.4 Å². The van der Waals surface area contributed by atoms with Gasteiger partial charge < -0.3 is 66.8 Å². The van der Waals surface area contributed by atoms with Crippen LogP contribution in [0.15, 0.2) is 155 Å². The molecule has 0 amide bonds. The van der Waals surface area contributed by atoms with Gasteiger partial charge in [-0.05, 0) is 346 Å². The number of fused-ring (bicyclic) bond motifs is 6. The zero-order valence-corrected chi connectivity index (χ0v) is 83.8. The van der Waals surface area contributed by atoms with Gasteiger partial charge in [0.05, 0.1) is 38.1 Å². The van der Waals surface area contributed by atoms with Gasteiger partial charge in [0.25, 0.3) is 0 Å². The van der Waals surface area contributed by atoms with Crippen LogP contribution in [0.5, 0.6) is 0 Å². The number of hydrogen-bond acceptors (Lipinski definition) is 20. The zero-order valence-electron chi connectivity index (χ0n) is 79.8. The number of nitrogens with zero attached hydrogens (tertiary/aromatic N) is 7. The number of nitrogens with two attached hydrogens (primary N) is 4. The van der Waals surface area contributed by atoms with Crippen LogP contribution in [0.2, 0.25) is 0 Å². The fourth-order valence-electron chi connectivity index (χ4n) is 20.5. The van der Waals surface area contributed by atoms with Crippen LogP contribution in [0, 0.1) is 24.8 Å². The van der Waals surface area contributed by atoms with Crippen LogP contribution in [-0.2, 0) is 27.9 Å². The minimum absolute atomic E-state index is 0.101. The molecule has 9 saturated heterocycles. The average Bonchev–Trinajstić information content (AvgIpc) is 1.63. The third-order valence-electron chi connectivity index (χ3n) is 29.8. The quantitative estimate of drug-likeness (QED) is 0.0321. The number of hydrogen-bond donors (Lipinski definition) is 7. The Labute approximate surface area is 795 Å². The van der Waals surface area contributed by atoms with E-state index in [1.54, 1.807) is 102 Å². The molecule has 29 heteroatoms. The molecule has 11 aliphatic rings. The van der Waals surface area contributed by atoms with Crippen molar-refractivity contribution in [2.45, 2.75) is 350 Å². The van der Waals surface area contributed by atoms with Crippen molar-refractivity contribution in [3.05, 3.63) is 207 Å². The first-order chi connectivity index (χ1) is 62.1. The van der Waals surface area contributed by atoms with E-state index in [0.29, 0.717) is 105 Å². The van der Waals surface area contributed by atoms with Gasteiger partial charge in [0.1, 0.15) is 23.3 Å². The molecule has 2 aliphatic carbocycles. The van der Waals surface area contributed by atoms with E-state index in [2.05, 4.69) is 154 Å². The third kappa shape index (κ3) is 23.7. The summed E-state index contributed by atoms with van der Waals surface area (Å²) >= 11 is 6.43. The minimum atomic E-state index is -0.476. The summed E-state index contributed by atoms with van der Waals surface area (Å²) in [5.74, 6) is 2.99. The van der Waals surface area contributed by atoms with Crippen molar-refractivity contribution < 1.29 is 41.1 Å². The van der Waals surface area contributed by atoms with Crippen molar-refractivity contribution >= 4 is 95.0 Å². The molecule has 11 fully saturated rings. The van der Waals surface area contributed by atoms with Gasteiger partial charge in [0.2, 0.25) is 17.8 Å². The van der Waals surface area contributed by atoms with Crippen LogP contribution in [0.3, 0.4) is 0 Å². The first kappa shape index (κ1) is 99.7. The Morgan fingerprint density at radius 3 is 1.17 bits per heavy atom. The van der Waals surface area contributed by atoms with Crippen LogP contribution >= 0.6 is 39.8 Å². The molecule has 131 heavy (non-hydrogen) atoms. The molecular weight excluding hydrogens is 1800 g/mol. The maximum Gasteiger partial charge on any atom is 0.495 e. The Kier molecular flexibility index (Phi) is 32.1. The lowest BCUT2D eigenvalue weighted by atomic mass is 9.49. The van der Waals surface area contributed by atoms with Crippen molar-refractivity contribution in [2.24, 2.45) is 0 Å². The van der Waals surface area contributed by atoms with Crippen LogP contribution in [0.25, 0.3) is 33.4 Å². The van der Waals surface area contributed by atoms with E-state index in [1.165, 1.54) is 120 Å². The summed E-state index contributed by atoms with van der Waals surface area (Å²) in [7, 11) is -1.42. The third-order valence-corrected chi connectivity index (χ3v) is 34.4. The molecule has 6 bridgehead atoms. The summed E-state index contributed by atoms with van der Waals surface area (Å²) < 4.78 is 78.2. The molecule has 9 aromatic rings. The van der Waals surface area contributed by atoms with Crippen LogP contribution in [-0.4, -0.2) is 137 Å². The van der Waals surface area contributed by atoms with Crippen molar-refractivity contribution in [3.63, 3.8) is 0 Å². The topological polar surface area (TPSA) is 286 Å². The highest BCUT2D eigenvalue weighted by Gasteiger charge is 2.64. The Bertz CT molecular complexity index is 5170. The van der Waals surface area contributed by atoms with Crippen molar-refractivity contribution in [2.75, 3.05) is 22.9 Å². The number of aryl methyl sites for hydroxylation is 1. The van der Waals surface area contributed by atoms with Crippen LogP contribution in [0.4, 0.5) is 36.4 Å². The Hall–Kier alpha value is -7.30. The van der Waals surface area contributed by atoms with E-state index in [0.717, 1.165) is 61.9 Å². The molecule has 2 saturated carbocycles. The first-order valence-corrected chi connectivity index (χ1v) is 50.7. The smallest absolute Gasteiger partial charge is 0.405 e. The van der Waals surface area contributed by atoms with Crippen LogP contribution < -0.4 is 49.7 Å². The van der Waals surface area contributed by atoms with Gasteiger partial charge in [-0.1, -0.05) is 126 Å². The summed E-state index contributed by atoms with van der Waals surface area (Å²) in [6, 6.07) is 38.0. The fraction of sp³-hybridized carbons (Fsp3) is 0.539. The van der Waals surface area contributed by atoms with E-state index in [1.807, 2.05) is 113 Å². The summed E-state index contributed by atoms with van der Waals surface area (Å²) in [5.41, 5.74) is 36.6. The highest BCUT2D eigenvalue weighted by molar-refractivity contribution is 9.10. The molecule has 9 atom stereocenters. The van der Waals surface area contributed by atoms with Gasteiger partial charge in [-0.2, -0.15) is 13.2 Å². The second-order valence-corrected chi connectivity index (χ2v) is 45.8. The van der Waals surface area contributed by atoms with E-state index in [9.17, 15) is 13.2 Å². The van der Waals surface area contributed by atoms with Gasteiger partial charge in [-0.3, -0.25) is 0 Å². The van der Waals surface area contributed by atoms with Crippen LogP contribution in [0.1, 0.15) is 296 Å². The van der Waals surface area contributed by atoms with Crippen molar-refractivity contribution in [1.29, 1.82) is 0 Å². The molecule has 2 aromatic carbocycles. The molecule has 0 spiro atoms. The molecule has 0 radical (unpaired) electrons. The predicted molar refractivity (Wildman–Crippen MR) is 535 cm³/mol. The average molecular weight is 1940 g/mol. The second-order valence-electron chi connectivity index (χ2n) is 41.2. The van der Waals surface area contributed by atoms with Gasteiger partial charge in [0, 0.05) is 113 Å². The highest BCUT2D eigenvalue weighted by atomic mass is 79.9. The highest BCUT2D eigenvalue weighted by Crippen LogP contribution is 2.57. The molecule has 20 rings (SSSR count). The lowest BCUT2D eigenvalue weighted by molar-refractivity contribution is 0.00578. The number of aromatic nitrogens is 7. The number of nitrogen functional groups attached to an aromatic ring is 4. The molecule has 700 valence electrons. The number of benzene rings is 2. The minimum Gasteiger partial charge on any atom is -0.405 e. The van der Waals surface area contributed by atoms with E-state index >= 15 is 0 Å².